The first-order chi connectivity index (χ1) is 6.24. The second kappa shape index (κ2) is 6.34. The molecule has 1 rings (SSSR count). The number of pyridine rings is 1. The van der Waals surface area contributed by atoms with Gasteiger partial charge in [0, 0.05) is 12.4 Å². The maximum Gasteiger partial charge on any atom is 0.322 e. The van der Waals surface area contributed by atoms with Crippen LogP contribution in [0.3, 0.4) is 0 Å². The first-order valence-electron chi connectivity index (χ1n) is 3.96. The van der Waals surface area contributed by atoms with Crippen LogP contribution in [-0.2, 0) is 16.0 Å². The highest BCUT2D eigenvalue weighted by Crippen LogP contribution is 2.00. The Balaban J connectivity index is 0.00000169. The monoisotopic (exact) mass is 216 g/mol. The molecule has 0 unspecified atom stereocenters. The summed E-state index contributed by atoms with van der Waals surface area (Å²) in [6, 6.07) is 3.07. The maximum atomic E-state index is 10.9. The number of hydrogen-bond donors (Lipinski definition) is 1. The largest absolute Gasteiger partial charge is 0.468 e. The summed E-state index contributed by atoms with van der Waals surface area (Å²) in [6.07, 6.45) is 3.82. The van der Waals surface area contributed by atoms with Crippen LogP contribution in [-0.4, -0.2) is 24.1 Å². The molecule has 1 atom stereocenters. The number of nitrogens with two attached hydrogens (primary N) is 1. The molecule has 0 fully saturated rings. The van der Waals surface area contributed by atoms with Crippen molar-refractivity contribution in [2.45, 2.75) is 12.5 Å². The van der Waals surface area contributed by atoms with E-state index < -0.39 is 12.0 Å². The van der Waals surface area contributed by atoms with Gasteiger partial charge in [-0.05, 0) is 18.1 Å². The van der Waals surface area contributed by atoms with Gasteiger partial charge < -0.3 is 10.5 Å². The van der Waals surface area contributed by atoms with Gasteiger partial charge in [-0.15, -0.1) is 12.4 Å². The number of nitrogens with zero attached hydrogens (tertiary/aromatic N) is 1. The highest BCUT2D eigenvalue weighted by Gasteiger charge is 2.13. The molecule has 0 aliphatic rings. The molecule has 4 nitrogen and oxygen atoms in total. The zero-order valence-electron chi connectivity index (χ0n) is 7.84. The summed E-state index contributed by atoms with van der Waals surface area (Å²) in [5.41, 5.74) is 6.49. The van der Waals surface area contributed by atoms with E-state index in [1.165, 1.54) is 7.11 Å². The predicted octanol–water partition coefficient (Wildman–Crippen LogP) is 0.546. The second-order valence-corrected chi connectivity index (χ2v) is 2.70. The summed E-state index contributed by atoms with van der Waals surface area (Å²) in [5.74, 6) is -0.399. The third-order valence-electron chi connectivity index (χ3n) is 1.68. The molecule has 0 bridgehead atoms. The van der Waals surface area contributed by atoms with Gasteiger partial charge in [0.2, 0.25) is 0 Å². The summed E-state index contributed by atoms with van der Waals surface area (Å²) in [6.45, 7) is 0. The number of halogens is 1. The highest BCUT2D eigenvalue weighted by atomic mass is 35.5. The van der Waals surface area contributed by atoms with E-state index in [1.54, 1.807) is 18.5 Å². The van der Waals surface area contributed by atoms with Gasteiger partial charge in [0.15, 0.2) is 0 Å². The lowest BCUT2D eigenvalue weighted by molar-refractivity contribution is -0.142. The number of carbonyl (C=O) groups excluding carboxylic acids is 1. The minimum atomic E-state index is -0.603. The van der Waals surface area contributed by atoms with Crippen molar-refractivity contribution < 1.29 is 9.53 Å². The smallest absolute Gasteiger partial charge is 0.322 e. The van der Waals surface area contributed by atoms with Gasteiger partial charge in [-0.1, -0.05) is 6.07 Å². The van der Waals surface area contributed by atoms with Crippen LogP contribution in [0.5, 0.6) is 0 Å². The van der Waals surface area contributed by atoms with Crippen LogP contribution >= 0.6 is 12.4 Å². The lowest BCUT2D eigenvalue weighted by atomic mass is 10.1. The zero-order valence-corrected chi connectivity index (χ0v) is 8.66. The molecule has 5 heteroatoms. The summed E-state index contributed by atoms with van der Waals surface area (Å²) < 4.78 is 4.50. The molecule has 1 heterocycles. The first kappa shape index (κ1) is 12.9. The van der Waals surface area contributed by atoms with Crippen LogP contribution in [0.2, 0.25) is 0 Å². The van der Waals surface area contributed by atoms with Crippen molar-refractivity contribution in [2.24, 2.45) is 5.73 Å². The Kier molecular flexibility index (Phi) is 5.83. The number of carbonyl (C=O) groups is 1. The molecule has 0 radical (unpaired) electrons. The second-order valence-electron chi connectivity index (χ2n) is 2.70. The average molecular weight is 217 g/mol. The molecule has 14 heavy (non-hydrogen) atoms. The molecule has 0 spiro atoms. The quantitative estimate of drug-likeness (QED) is 0.750. The van der Waals surface area contributed by atoms with Crippen molar-refractivity contribution in [1.29, 1.82) is 0 Å². The standard InChI is InChI=1S/C9H12N2O2.ClH/c1-13-9(12)8(10)5-7-3-2-4-11-6-7;/h2-4,6,8H,5,10H2,1H3;1H/t8-;/m1./s1. The van der Waals surface area contributed by atoms with E-state index in [9.17, 15) is 4.79 Å². The molecule has 0 amide bonds. The van der Waals surface area contributed by atoms with Crippen LogP contribution in [0.4, 0.5) is 0 Å². The lowest BCUT2D eigenvalue weighted by Gasteiger charge is -2.07. The Morgan fingerprint density at radius 2 is 2.43 bits per heavy atom. The number of aromatic nitrogens is 1. The van der Waals surface area contributed by atoms with Crippen molar-refractivity contribution in [3.8, 4) is 0 Å². The fourth-order valence-corrected chi connectivity index (χ4v) is 1.01. The minimum Gasteiger partial charge on any atom is -0.468 e. The summed E-state index contributed by atoms with van der Waals surface area (Å²) in [5, 5.41) is 0. The summed E-state index contributed by atoms with van der Waals surface area (Å²) >= 11 is 0. The minimum absolute atomic E-state index is 0. The van der Waals surface area contributed by atoms with Gasteiger partial charge in [0.05, 0.1) is 7.11 Å². The van der Waals surface area contributed by atoms with E-state index in [0.717, 1.165) is 5.56 Å². The van der Waals surface area contributed by atoms with Gasteiger partial charge in [-0.2, -0.15) is 0 Å². The van der Waals surface area contributed by atoms with Crippen molar-refractivity contribution in [2.75, 3.05) is 7.11 Å². The maximum absolute atomic E-state index is 10.9. The van der Waals surface area contributed by atoms with Crippen molar-refractivity contribution in [3.63, 3.8) is 0 Å². The molecule has 2 N–H and O–H groups in total. The summed E-state index contributed by atoms with van der Waals surface area (Å²) in [7, 11) is 1.32. The van der Waals surface area contributed by atoms with E-state index in [1.807, 2.05) is 6.07 Å². The Morgan fingerprint density at radius 1 is 1.71 bits per heavy atom. The van der Waals surface area contributed by atoms with Crippen molar-refractivity contribution in [3.05, 3.63) is 30.1 Å². The van der Waals surface area contributed by atoms with Crippen LogP contribution < -0.4 is 5.73 Å². The first-order valence-corrected chi connectivity index (χ1v) is 3.96. The van der Waals surface area contributed by atoms with E-state index in [-0.39, 0.29) is 12.4 Å². The molecule has 0 saturated carbocycles. The van der Waals surface area contributed by atoms with E-state index >= 15 is 0 Å². The number of hydrogen-bond acceptors (Lipinski definition) is 4. The SMILES string of the molecule is COC(=O)[C@H](N)Cc1cccnc1.Cl. The van der Waals surface area contributed by atoms with Crippen LogP contribution in [0.15, 0.2) is 24.5 Å². The van der Waals surface area contributed by atoms with E-state index in [4.69, 9.17) is 5.73 Å². The molecule has 1 aromatic heterocycles. The Morgan fingerprint density at radius 3 is 2.93 bits per heavy atom. The van der Waals surface area contributed by atoms with Gasteiger partial charge in [0.25, 0.3) is 0 Å². The molecule has 0 aliphatic carbocycles. The van der Waals surface area contributed by atoms with Crippen LogP contribution in [0.1, 0.15) is 5.56 Å². The Hall–Kier alpha value is -1.13. The third-order valence-corrected chi connectivity index (χ3v) is 1.68. The fourth-order valence-electron chi connectivity index (χ4n) is 1.01. The van der Waals surface area contributed by atoms with Crippen molar-refractivity contribution >= 4 is 18.4 Å². The Labute approximate surface area is 88.9 Å². The Bertz CT molecular complexity index is 279. The van der Waals surface area contributed by atoms with Crippen molar-refractivity contribution in [1.82, 2.24) is 4.98 Å². The number of ether oxygens (including phenoxy) is 1. The predicted molar refractivity (Wildman–Crippen MR) is 55.2 cm³/mol. The van der Waals surface area contributed by atoms with Gasteiger partial charge in [-0.3, -0.25) is 9.78 Å². The fraction of sp³-hybridized carbons (Fsp3) is 0.333. The number of rotatable bonds is 3. The molecular weight excluding hydrogens is 204 g/mol. The topological polar surface area (TPSA) is 65.2 Å². The zero-order chi connectivity index (χ0) is 9.68. The van der Waals surface area contributed by atoms with Crippen LogP contribution in [0, 0.1) is 0 Å². The third kappa shape index (κ3) is 3.72. The van der Waals surface area contributed by atoms with Gasteiger partial charge >= 0.3 is 5.97 Å². The highest BCUT2D eigenvalue weighted by molar-refractivity contribution is 5.85. The molecule has 78 valence electrons. The average Bonchev–Trinajstić information content (AvgIpc) is 2.18. The summed E-state index contributed by atoms with van der Waals surface area (Å²) in [4.78, 5) is 14.9. The lowest BCUT2D eigenvalue weighted by Crippen LogP contribution is -2.33. The number of methoxy groups -OCH3 is 1. The molecule has 0 aliphatic heterocycles. The van der Waals surface area contributed by atoms with Gasteiger partial charge in [0.1, 0.15) is 6.04 Å². The van der Waals surface area contributed by atoms with Gasteiger partial charge in [-0.25, -0.2) is 0 Å². The molecular formula is C9H13ClN2O2. The normalized spacial score (nSPS) is 11.3. The van der Waals surface area contributed by atoms with E-state index in [2.05, 4.69) is 9.72 Å². The molecule has 0 saturated heterocycles. The van der Waals surface area contributed by atoms with E-state index in [0.29, 0.717) is 6.42 Å². The molecule has 1 aromatic rings. The van der Waals surface area contributed by atoms with Crippen LogP contribution in [0.25, 0.3) is 0 Å². The molecule has 0 aromatic carbocycles. The number of esters is 1.